The average molecular weight is 372 g/mol. The van der Waals surface area contributed by atoms with Crippen molar-refractivity contribution in [1.29, 1.82) is 0 Å². The van der Waals surface area contributed by atoms with Crippen LogP contribution in [0.25, 0.3) is 0 Å². The van der Waals surface area contributed by atoms with Crippen LogP contribution in [0.2, 0.25) is 0 Å². The Morgan fingerprint density at radius 2 is 1.77 bits per heavy atom. The summed E-state index contributed by atoms with van der Waals surface area (Å²) in [5.41, 5.74) is 1.02. The van der Waals surface area contributed by atoms with E-state index >= 15 is 0 Å². The summed E-state index contributed by atoms with van der Waals surface area (Å²) in [4.78, 5) is 21.0. The predicted octanol–water partition coefficient (Wildman–Crippen LogP) is 3.70. The lowest BCUT2D eigenvalue weighted by molar-refractivity contribution is -0.118. The summed E-state index contributed by atoms with van der Waals surface area (Å²) in [6.07, 6.45) is 1.51. The van der Waals surface area contributed by atoms with Crippen molar-refractivity contribution in [2.24, 2.45) is 0 Å². The number of anilines is 1. The maximum absolute atomic E-state index is 12.5. The fourth-order valence-corrected chi connectivity index (χ4v) is 4.14. The van der Waals surface area contributed by atoms with E-state index in [0.717, 1.165) is 57.9 Å². The van der Waals surface area contributed by atoms with Gasteiger partial charge in [-0.3, -0.25) is 14.6 Å². The van der Waals surface area contributed by atoms with Crippen LogP contribution < -0.4 is 4.90 Å². The number of nitrogens with zero attached hydrogens (tertiary/aromatic N) is 3. The van der Waals surface area contributed by atoms with Gasteiger partial charge in [0.1, 0.15) is 0 Å². The zero-order chi connectivity index (χ0) is 18.2. The maximum atomic E-state index is 12.5. The third kappa shape index (κ3) is 5.40. The van der Waals surface area contributed by atoms with Gasteiger partial charge >= 0.3 is 0 Å². The first-order chi connectivity index (χ1) is 12.8. The lowest BCUT2D eigenvalue weighted by Crippen LogP contribution is -2.48. The van der Waals surface area contributed by atoms with Crippen LogP contribution in [0.1, 0.15) is 24.6 Å². The number of amides is 1. The molecule has 0 unspecified atom stereocenters. The topological polar surface area (TPSA) is 26.8 Å². The van der Waals surface area contributed by atoms with Crippen LogP contribution in [0, 0.1) is 0 Å². The van der Waals surface area contributed by atoms with E-state index < -0.39 is 0 Å². The third-order valence-electron chi connectivity index (χ3n) is 4.90. The van der Waals surface area contributed by atoms with Crippen LogP contribution in [0.4, 0.5) is 5.69 Å². The van der Waals surface area contributed by atoms with E-state index in [9.17, 15) is 4.79 Å². The molecule has 0 saturated carbocycles. The molecule has 1 aromatic heterocycles. The van der Waals surface area contributed by atoms with Crippen molar-refractivity contribution in [1.82, 2.24) is 9.80 Å². The van der Waals surface area contributed by atoms with E-state index in [0.29, 0.717) is 6.42 Å². The van der Waals surface area contributed by atoms with Gasteiger partial charge in [0.15, 0.2) is 0 Å². The van der Waals surface area contributed by atoms with Crippen molar-refractivity contribution in [3.8, 4) is 0 Å². The number of benzene rings is 1. The fraction of sp³-hybridized carbons (Fsp3) is 0.476. The molecular formula is C21H29N3OS. The van der Waals surface area contributed by atoms with Gasteiger partial charge < -0.3 is 4.90 Å². The molecule has 1 fully saturated rings. The van der Waals surface area contributed by atoms with Crippen molar-refractivity contribution in [3.05, 3.63) is 52.7 Å². The smallest absolute Gasteiger partial charge is 0.227 e. The second-order valence-electron chi connectivity index (χ2n) is 6.83. The molecule has 0 bridgehead atoms. The van der Waals surface area contributed by atoms with Crippen molar-refractivity contribution in [2.45, 2.75) is 26.3 Å². The number of thiophene rings is 1. The first kappa shape index (κ1) is 19.1. The van der Waals surface area contributed by atoms with E-state index in [1.807, 2.05) is 46.6 Å². The molecule has 1 aliphatic heterocycles. The number of carbonyl (C=O) groups excluding carboxylic acids is 1. The zero-order valence-electron chi connectivity index (χ0n) is 15.6. The Morgan fingerprint density at radius 1 is 1.04 bits per heavy atom. The fourth-order valence-electron chi connectivity index (χ4n) is 3.39. The maximum Gasteiger partial charge on any atom is 0.227 e. The van der Waals surface area contributed by atoms with Crippen LogP contribution >= 0.6 is 11.3 Å². The predicted molar refractivity (Wildman–Crippen MR) is 110 cm³/mol. The summed E-state index contributed by atoms with van der Waals surface area (Å²) in [6, 6.07) is 14.4. The minimum Gasteiger partial charge on any atom is -0.311 e. The van der Waals surface area contributed by atoms with E-state index in [-0.39, 0.29) is 5.91 Å². The van der Waals surface area contributed by atoms with Gasteiger partial charge in [-0.05, 0) is 30.0 Å². The van der Waals surface area contributed by atoms with Crippen molar-refractivity contribution in [3.63, 3.8) is 0 Å². The largest absolute Gasteiger partial charge is 0.311 e. The lowest BCUT2D eigenvalue weighted by Gasteiger charge is -2.35. The van der Waals surface area contributed by atoms with Crippen LogP contribution in [-0.2, 0) is 11.3 Å². The highest BCUT2D eigenvalue weighted by Crippen LogP contribution is 2.16. The summed E-state index contributed by atoms with van der Waals surface area (Å²) >= 11 is 1.84. The normalized spacial score (nSPS) is 15.9. The Kier molecular flexibility index (Phi) is 7.23. The molecule has 2 aromatic rings. The summed E-state index contributed by atoms with van der Waals surface area (Å²) in [7, 11) is 0. The van der Waals surface area contributed by atoms with Gasteiger partial charge in [0.2, 0.25) is 5.91 Å². The molecule has 1 saturated heterocycles. The molecule has 3 rings (SSSR count). The molecule has 0 aliphatic carbocycles. The minimum atomic E-state index is 0.232. The number of hydrogen-bond donors (Lipinski definition) is 0. The Balaban J connectivity index is 1.49. The van der Waals surface area contributed by atoms with Crippen molar-refractivity contribution >= 4 is 22.9 Å². The van der Waals surface area contributed by atoms with Gasteiger partial charge in [0, 0.05) is 62.8 Å². The van der Waals surface area contributed by atoms with Gasteiger partial charge in [-0.25, -0.2) is 0 Å². The monoisotopic (exact) mass is 371 g/mol. The molecule has 0 spiro atoms. The van der Waals surface area contributed by atoms with Gasteiger partial charge in [0.05, 0.1) is 0 Å². The lowest BCUT2D eigenvalue weighted by atomic mass is 10.2. The van der Waals surface area contributed by atoms with Gasteiger partial charge in [-0.1, -0.05) is 31.2 Å². The molecule has 1 amide bonds. The quantitative estimate of drug-likeness (QED) is 0.708. The molecule has 0 radical (unpaired) electrons. The van der Waals surface area contributed by atoms with Crippen LogP contribution in [-0.4, -0.2) is 55.0 Å². The van der Waals surface area contributed by atoms with E-state index in [4.69, 9.17) is 0 Å². The number of para-hydroxylation sites is 1. The van der Waals surface area contributed by atoms with Crippen LogP contribution in [0.5, 0.6) is 0 Å². The first-order valence-electron chi connectivity index (χ1n) is 9.58. The molecule has 0 atom stereocenters. The summed E-state index contributed by atoms with van der Waals surface area (Å²) in [5, 5.41) is 2.15. The number of rotatable bonds is 8. The zero-order valence-corrected chi connectivity index (χ0v) is 16.5. The van der Waals surface area contributed by atoms with Crippen molar-refractivity contribution in [2.75, 3.05) is 44.2 Å². The van der Waals surface area contributed by atoms with E-state index in [2.05, 4.69) is 34.2 Å². The summed E-state index contributed by atoms with van der Waals surface area (Å²) in [5.74, 6) is 0.232. The van der Waals surface area contributed by atoms with Crippen LogP contribution in [0.3, 0.4) is 0 Å². The van der Waals surface area contributed by atoms with Gasteiger partial charge in [0.25, 0.3) is 0 Å². The SMILES string of the molecule is CCCC(=O)N(CCN1CCN(Cc2cccs2)CC1)c1ccccc1. The molecule has 5 heteroatoms. The number of piperazine rings is 1. The Hall–Kier alpha value is -1.69. The molecule has 0 N–H and O–H groups in total. The number of carbonyl (C=O) groups is 1. The Morgan fingerprint density at radius 3 is 2.42 bits per heavy atom. The molecule has 4 nitrogen and oxygen atoms in total. The highest BCUT2D eigenvalue weighted by molar-refractivity contribution is 7.09. The van der Waals surface area contributed by atoms with Crippen molar-refractivity contribution < 1.29 is 4.79 Å². The standard InChI is InChI=1S/C21H29N3OS/c1-2-7-21(25)24(19-8-4-3-5-9-19)16-15-22-11-13-23(14-12-22)18-20-10-6-17-26-20/h3-6,8-10,17H,2,7,11-16,18H2,1H3. The molecule has 26 heavy (non-hydrogen) atoms. The Labute approximate surface area is 161 Å². The number of hydrogen-bond acceptors (Lipinski definition) is 4. The van der Waals surface area contributed by atoms with E-state index in [1.54, 1.807) is 0 Å². The second kappa shape index (κ2) is 9.86. The molecular weight excluding hydrogens is 342 g/mol. The van der Waals surface area contributed by atoms with Gasteiger partial charge in [-0.2, -0.15) is 0 Å². The molecule has 1 aromatic carbocycles. The van der Waals surface area contributed by atoms with Crippen LogP contribution in [0.15, 0.2) is 47.8 Å². The van der Waals surface area contributed by atoms with Gasteiger partial charge in [-0.15, -0.1) is 11.3 Å². The highest BCUT2D eigenvalue weighted by atomic mass is 32.1. The molecule has 2 heterocycles. The average Bonchev–Trinajstić information content (AvgIpc) is 3.17. The molecule has 1 aliphatic rings. The first-order valence-corrected chi connectivity index (χ1v) is 10.5. The second-order valence-corrected chi connectivity index (χ2v) is 7.86. The third-order valence-corrected chi connectivity index (χ3v) is 5.76. The minimum absolute atomic E-state index is 0.232. The Bertz CT molecular complexity index is 651. The highest BCUT2D eigenvalue weighted by Gasteiger charge is 2.20. The van der Waals surface area contributed by atoms with E-state index in [1.165, 1.54) is 4.88 Å². The summed E-state index contributed by atoms with van der Waals surface area (Å²) in [6.45, 7) is 9.21. The molecule has 140 valence electrons. The summed E-state index contributed by atoms with van der Waals surface area (Å²) < 4.78 is 0.